The smallest absolute Gasteiger partial charge is 0.272 e. The minimum atomic E-state index is -0.0297. The molecule has 142 valence electrons. The van der Waals surface area contributed by atoms with Crippen LogP contribution in [0.1, 0.15) is 21.6 Å². The highest BCUT2D eigenvalue weighted by atomic mass is 16.2. The van der Waals surface area contributed by atoms with Gasteiger partial charge in [0.25, 0.3) is 5.91 Å². The molecule has 0 atom stereocenters. The molecule has 5 nitrogen and oxygen atoms in total. The topological polar surface area (TPSA) is 58.1 Å². The van der Waals surface area contributed by atoms with Gasteiger partial charge in [0.2, 0.25) is 0 Å². The molecule has 0 bridgehead atoms. The Bertz CT molecular complexity index is 1180. The lowest BCUT2D eigenvalue weighted by Crippen LogP contribution is -2.36. The number of para-hydroxylation sites is 1. The normalized spacial score (nSPS) is 13.2. The summed E-state index contributed by atoms with van der Waals surface area (Å²) in [6.45, 7) is 1.36. The number of nitrogens with one attached hydrogen (secondary N) is 1. The lowest BCUT2D eigenvalue weighted by molar-refractivity contribution is 0.0729. The number of pyridine rings is 2. The highest BCUT2D eigenvalue weighted by Crippen LogP contribution is 2.25. The predicted octanol–water partition coefficient (Wildman–Crippen LogP) is 4.57. The fourth-order valence-electron chi connectivity index (χ4n) is 3.79. The summed E-state index contributed by atoms with van der Waals surface area (Å²) in [4.78, 5) is 23.6. The molecule has 2 aromatic heterocycles. The number of rotatable bonds is 3. The molecule has 0 aliphatic carbocycles. The molecule has 2 aromatic carbocycles. The van der Waals surface area contributed by atoms with Crippen molar-refractivity contribution in [1.82, 2.24) is 14.9 Å². The third kappa shape index (κ3) is 3.43. The Balaban J connectivity index is 1.33. The van der Waals surface area contributed by atoms with Gasteiger partial charge < -0.3 is 10.2 Å². The third-order valence-corrected chi connectivity index (χ3v) is 5.31. The molecule has 3 heterocycles. The number of amides is 1. The first kappa shape index (κ1) is 17.4. The van der Waals surface area contributed by atoms with Crippen LogP contribution < -0.4 is 5.32 Å². The number of aromatic nitrogens is 2. The minimum Gasteiger partial charge on any atom is -0.352 e. The molecule has 0 spiro atoms. The van der Waals surface area contributed by atoms with Gasteiger partial charge in [0, 0.05) is 24.7 Å². The van der Waals surface area contributed by atoms with Gasteiger partial charge in [-0.25, -0.2) is 4.98 Å². The third-order valence-electron chi connectivity index (χ3n) is 5.31. The van der Waals surface area contributed by atoms with Gasteiger partial charge in [0.05, 0.1) is 23.1 Å². The van der Waals surface area contributed by atoms with E-state index in [1.165, 1.54) is 11.1 Å². The van der Waals surface area contributed by atoms with E-state index in [4.69, 9.17) is 0 Å². The number of nitrogens with zero attached hydrogens (tertiary/aromatic N) is 3. The second-order valence-corrected chi connectivity index (χ2v) is 7.18. The quantitative estimate of drug-likeness (QED) is 0.566. The molecule has 29 heavy (non-hydrogen) atoms. The number of hydrogen-bond acceptors (Lipinski definition) is 4. The summed E-state index contributed by atoms with van der Waals surface area (Å²) >= 11 is 0. The Morgan fingerprint density at radius 2 is 1.76 bits per heavy atom. The zero-order chi connectivity index (χ0) is 19.6. The average Bonchev–Trinajstić information content (AvgIpc) is 2.79. The standard InChI is InChI=1S/C24H20N4O/c29-24(28-14-12-17-5-1-2-6-19(17)16-28)22-11-10-20(15-26-22)27-21-9-3-7-18-8-4-13-25-23(18)21/h1-11,13,15,27H,12,14,16H2. The first-order valence-electron chi connectivity index (χ1n) is 9.71. The van der Waals surface area contributed by atoms with E-state index in [0.29, 0.717) is 12.2 Å². The fourth-order valence-corrected chi connectivity index (χ4v) is 3.79. The van der Waals surface area contributed by atoms with Crippen molar-refractivity contribution in [3.8, 4) is 0 Å². The molecule has 0 unspecified atom stereocenters. The monoisotopic (exact) mass is 380 g/mol. The fraction of sp³-hybridized carbons (Fsp3) is 0.125. The number of carbonyl (C=O) groups is 1. The second kappa shape index (κ2) is 7.36. The Labute approximate surface area is 169 Å². The zero-order valence-corrected chi connectivity index (χ0v) is 15.9. The van der Waals surface area contributed by atoms with Crippen LogP contribution in [0.2, 0.25) is 0 Å². The zero-order valence-electron chi connectivity index (χ0n) is 15.9. The van der Waals surface area contributed by atoms with Gasteiger partial charge >= 0.3 is 0 Å². The largest absolute Gasteiger partial charge is 0.352 e. The van der Waals surface area contributed by atoms with Crippen molar-refractivity contribution in [3.63, 3.8) is 0 Å². The average molecular weight is 380 g/mol. The van der Waals surface area contributed by atoms with Crippen LogP contribution in [-0.2, 0) is 13.0 Å². The number of benzene rings is 2. The van der Waals surface area contributed by atoms with Crippen LogP contribution >= 0.6 is 0 Å². The number of carbonyl (C=O) groups excluding carboxylic acids is 1. The Morgan fingerprint density at radius 3 is 2.62 bits per heavy atom. The van der Waals surface area contributed by atoms with Crippen molar-refractivity contribution in [2.75, 3.05) is 11.9 Å². The molecular weight excluding hydrogens is 360 g/mol. The first-order chi connectivity index (χ1) is 14.3. The molecule has 1 N–H and O–H groups in total. The summed E-state index contributed by atoms with van der Waals surface area (Å²) < 4.78 is 0. The maximum atomic E-state index is 12.9. The van der Waals surface area contributed by atoms with Crippen LogP contribution in [0.25, 0.3) is 10.9 Å². The molecule has 5 rings (SSSR count). The van der Waals surface area contributed by atoms with Gasteiger partial charge in [-0.1, -0.05) is 42.5 Å². The van der Waals surface area contributed by atoms with E-state index in [2.05, 4.69) is 33.5 Å². The molecular formula is C24H20N4O. The van der Waals surface area contributed by atoms with Gasteiger partial charge in [0.15, 0.2) is 0 Å². The van der Waals surface area contributed by atoms with Gasteiger partial charge in [-0.15, -0.1) is 0 Å². The molecule has 0 saturated heterocycles. The van der Waals surface area contributed by atoms with E-state index in [0.717, 1.165) is 35.2 Å². The van der Waals surface area contributed by atoms with Crippen molar-refractivity contribution in [3.05, 3.63) is 95.9 Å². The van der Waals surface area contributed by atoms with E-state index in [9.17, 15) is 4.79 Å². The summed E-state index contributed by atoms with van der Waals surface area (Å²) in [5.41, 5.74) is 5.65. The van der Waals surface area contributed by atoms with Crippen LogP contribution in [0.15, 0.2) is 79.1 Å². The summed E-state index contributed by atoms with van der Waals surface area (Å²) in [7, 11) is 0. The maximum Gasteiger partial charge on any atom is 0.272 e. The van der Waals surface area contributed by atoms with E-state index in [-0.39, 0.29) is 5.91 Å². The molecule has 5 heteroatoms. The molecule has 0 radical (unpaired) electrons. The maximum absolute atomic E-state index is 12.9. The Kier molecular flexibility index (Phi) is 4.41. The van der Waals surface area contributed by atoms with E-state index in [1.54, 1.807) is 18.5 Å². The van der Waals surface area contributed by atoms with Crippen LogP contribution in [0.4, 0.5) is 11.4 Å². The van der Waals surface area contributed by atoms with Crippen molar-refractivity contribution >= 4 is 28.2 Å². The summed E-state index contributed by atoms with van der Waals surface area (Å²) in [6, 6.07) is 21.9. The van der Waals surface area contributed by atoms with Crippen LogP contribution in [0, 0.1) is 0 Å². The molecule has 1 amide bonds. The SMILES string of the molecule is O=C(c1ccc(Nc2cccc3cccnc23)cn1)N1CCc2ccccc2C1. The van der Waals surface area contributed by atoms with Crippen LogP contribution in [0.5, 0.6) is 0 Å². The molecule has 1 aliphatic heterocycles. The summed E-state index contributed by atoms with van der Waals surface area (Å²) in [6.07, 6.45) is 4.37. The van der Waals surface area contributed by atoms with Gasteiger partial charge in [-0.05, 0) is 41.8 Å². The van der Waals surface area contributed by atoms with Crippen LogP contribution in [0.3, 0.4) is 0 Å². The number of fused-ring (bicyclic) bond motifs is 2. The number of hydrogen-bond donors (Lipinski definition) is 1. The molecule has 4 aromatic rings. The summed E-state index contributed by atoms with van der Waals surface area (Å²) in [5.74, 6) is -0.0297. The highest BCUT2D eigenvalue weighted by molar-refractivity contribution is 5.94. The predicted molar refractivity (Wildman–Crippen MR) is 114 cm³/mol. The van der Waals surface area contributed by atoms with Crippen molar-refractivity contribution in [2.45, 2.75) is 13.0 Å². The lowest BCUT2D eigenvalue weighted by Gasteiger charge is -2.28. The van der Waals surface area contributed by atoms with E-state index >= 15 is 0 Å². The first-order valence-corrected chi connectivity index (χ1v) is 9.71. The van der Waals surface area contributed by atoms with Gasteiger partial charge in [-0.2, -0.15) is 0 Å². The minimum absolute atomic E-state index is 0.0297. The lowest BCUT2D eigenvalue weighted by atomic mass is 10.00. The molecule has 0 saturated carbocycles. The van der Waals surface area contributed by atoms with Gasteiger partial charge in [-0.3, -0.25) is 9.78 Å². The van der Waals surface area contributed by atoms with Crippen LogP contribution in [-0.4, -0.2) is 27.3 Å². The molecule has 0 fully saturated rings. The van der Waals surface area contributed by atoms with E-state index in [1.807, 2.05) is 47.4 Å². The second-order valence-electron chi connectivity index (χ2n) is 7.18. The Morgan fingerprint density at radius 1 is 0.897 bits per heavy atom. The highest BCUT2D eigenvalue weighted by Gasteiger charge is 2.22. The van der Waals surface area contributed by atoms with E-state index < -0.39 is 0 Å². The van der Waals surface area contributed by atoms with Crippen molar-refractivity contribution in [1.29, 1.82) is 0 Å². The van der Waals surface area contributed by atoms with Crippen molar-refractivity contribution in [2.24, 2.45) is 0 Å². The number of anilines is 2. The Hall–Kier alpha value is -3.73. The molecule has 1 aliphatic rings. The summed E-state index contributed by atoms with van der Waals surface area (Å²) in [5, 5.41) is 4.43. The van der Waals surface area contributed by atoms with Crippen molar-refractivity contribution < 1.29 is 4.79 Å². The van der Waals surface area contributed by atoms with Gasteiger partial charge in [0.1, 0.15) is 5.69 Å².